The number of nitrogens with one attached hydrogen (secondary N) is 1. The Labute approximate surface area is 128 Å². The van der Waals surface area contributed by atoms with Gasteiger partial charge in [-0.05, 0) is 50.6 Å². The van der Waals surface area contributed by atoms with Crippen LogP contribution in [0, 0.1) is 11.3 Å². The molecule has 20 heavy (non-hydrogen) atoms. The molecule has 2 unspecified atom stereocenters. The van der Waals surface area contributed by atoms with E-state index in [4.69, 9.17) is 0 Å². The smallest absolute Gasteiger partial charge is 0.00645 e. The average Bonchev–Trinajstić information content (AvgIpc) is 2.42. The summed E-state index contributed by atoms with van der Waals surface area (Å²) in [6.07, 6.45) is 5.12. The highest BCUT2D eigenvalue weighted by Crippen LogP contribution is 2.24. The molecule has 0 rings (SSSR count). The summed E-state index contributed by atoms with van der Waals surface area (Å²) in [7, 11) is 0. The van der Waals surface area contributed by atoms with Crippen LogP contribution in [0.5, 0.6) is 0 Å². The quantitative estimate of drug-likeness (QED) is 0.565. The van der Waals surface area contributed by atoms with Gasteiger partial charge in [0, 0.05) is 19.1 Å². The predicted molar refractivity (Wildman–Crippen MR) is 92.3 cm³/mol. The van der Waals surface area contributed by atoms with Gasteiger partial charge in [-0.15, -0.1) is 0 Å². The second-order valence-electron chi connectivity index (χ2n) is 7.27. The molecule has 0 aliphatic carbocycles. The zero-order valence-corrected chi connectivity index (χ0v) is 15.3. The zero-order chi connectivity index (χ0) is 15.6. The maximum absolute atomic E-state index is 3.67. The van der Waals surface area contributed by atoms with Crippen molar-refractivity contribution >= 4 is 0 Å². The highest BCUT2D eigenvalue weighted by atomic mass is 15.2. The molecular formula is C18H40N2. The van der Waals surface area contributed by atoms with E-state index in [2.05, 4.69) is 58.7 Å². The third-order valence-electron chi connectivity index (χ3n) is 4.56. The van der Waals surface area contributed by atoms with E-state index in [1.807, 2.05) is 0 Å². The van der Waals surface area contributed by atoms with Crippen LogP contribution in [-0.4, -0.2) is 37.1 Å². The van der Waals surface area contributed by atoms with Gasteiger partial charge in [0.2, 0.25) is 0 Å². The molecule has 0 aliphatic heterocycles. The fourth-order valence-corrected chi connectivity index (χ4v) is 2.52. The van der Waals surface area contributed by atoms with E-state index >= 15 is 0 Å². The van der Waals surface area contributed by atoms with Crippen molar-refractivity contribution in [2.45, 2.75) is 80.2 Å². The first kappa shape index (κ1) is 19.9. The van der Waals surface area contributed by atoms with Gasteiger partial charge in [-0.3, -0.25) is 0 Å². The number of hydrogen-bond acceptors (Lipinski definition) is 2. The Balaban J connectivity index is 4.49. The summed E-state index contributed by atoms with van der Waals surface area (Å²) in [5, 5.41) is 3.67. The standard InChI is InChI=1S/C18H40N2/c1-8-11-12-20(17(6)9-2)15-18(7,10-3)14-19-13-16(4)5/h16-17,19H,8-15H2,1-7H3. The second-order valence-corrected chi connectivity index (χ2v) is 7.27. The van der Waals surface area contributed by atoms with Crippen molar-refractivity contribution in [1.82, 2.24) is 10.2 Å². The summed E-state index contributed by atoms with van der Waals surface area (Å²) in [4.78, 5) is 2.71. The van der Waals surface area contributed by atoms with E-state index < -0.39 is 0 Å². The van der Waals surface area contributed by atoms with Crippen molar-refractivity contribution in [3.8, 4) is 0 Å². The highest BCUT2D eigenvalue weighted by Gasteiger charge is 2.26. The van der Waals surface area contributed by atoms with Gasteiger partial charge in [0.25, 0.3) is 0 Å². The van der Waals surface area contributed by atoms with Crippen molar-refractivity contribution in [1.29, 1.82) is 0 Å². The molecule has 2 atom stereocenters. The summed E-state index contributed by atoms with van der Waals surface area (Å²) in [6.45, 7) is 21.1. The van der Waals surface area contributed by atoms with Gasteiger partial charge in [0.15, 0.2) is 0 Å². The van der Waals surface area contributed by atoms with E-state index in [0.717, 1.165) is 19.0 Å². The molecule has 0 amide bonds. The average molecular weight is 285 g/mol. The topological polar surface area (TPSA) is 15.3 Å². The first-order valence-corrected chi connectivity index (χ1v) is 8.83. The summed E-state index contributed by atoms with van der Waals surface area (Å²) in [6, 6.07) is 0.706. The lowest BCUT2D eigenvalue weighted by Crippen LogP contribution is -2.46. The molecular weight excluding hydrogens is 244 g/mol. The Morgan fingerprint density at radius 1 is 1.10 bits per heavy atom. The summed E-state index contributed by atoms with van der Waals surface area (Å²) in [5.41, 5.74) is 0.395. The molecule has 0 aromatic heterocycles. The molecule has 0 aromatic carbocycles. The molecule has 2 nitrogen and oxygen atoms in total. The summed E-state index contributed by atoms with van der Waals surface area (Å²) in [5.74, 6) is 0.738. The van der Waals surface area contributed by atoms with E-state index in [9.17, 15) is 0 Å². The first-order valence-electron chi connectivity index (χ1n) is 8.83. The number of hydrogen-bond donors (Lipinski definition) is 1. The number of unbranched alkanes of at least 4 members (excludes halogenated alkanes) is 1. The van der Waals surface area contributed by atoms with Gasteiger partial charge in [0.1, 0.15) is 0 Å². The molecule has 0 radical (unpaired) electrons. The Morgan fingerprint density at radius 2 is 1.75 bits per heavy atom. The fraction of sp³-hybridized carbons (Fsp3) is 1.00. The Bertz CT molecular complexity index is 227. The van der Waals surface area contributed by atoms with Crippen LogP contribution in [0.2, 0.25) is 0 Å². The molecule has 2 heteroatoms. The van der Waals surface area contributed by atoms with Crippen molar-refractivity contribution in [2.24, 2.45) is 11.3 Å². The molecule has 0 saturated heterocycles. The maximum atomic E-state index is 3.67. The highest BCUT2D eigenvalue weighted by molar-refractivity contribution is 4.82. The minimum absolute atomic E-state index is 0.395. The minimum atomic E-state index is 0.395. The number of nitrogens with zero attached hydrogens (tertiary/aromatic N) is 1. The molecule has 0 aromatic rings. The maximum Gasteiger partial charge on any atom is 0.00645 e. The molecule has 0 aliphatic rings. The minimum Gasteiger partial charge on any atom is -0.316 e. The Morgan fingerprint density at radius 3 is 2.20 bits per heavy atom. The summed E-state index contributed by atoms with van der Waals surface area (Å²) >= 11 is 0. The molecule has 0 spiro atoms. The lowest BCUT2D eigenvalue weighted by Gasteiger charge is -2.38. The van der Waals surface area contributed by atoms with E-state index in [1.54, 1.807) is 0 Å². The van der Waals surface area contributed by atoms with Crippen LogP contribution in [0.15, 0.2) is 0 Å². The molecule has 0 heterocycles. The van der Waals surface area contributed by atoms with Crippen molar-refractivity contribution in [3.05, 3.63) is 0 Å². The molecule has 0 saturated carbocycles. The van der Waals surface area contributed by atoms with Crippen LogP contribution in [0.4, 0.5) is 0 Å². The van der Waals surface area contributed by atoms with Crippen LogP contribution < -0.4 is 5.32 Å². The monoisotopic (exact) mass is 284 g/mol. The second kappa shape index (κ2) is 10.6. The van der Waals surface area contributed by atoms with E-state index in [-0.39, 0.29) is 0 Å². The largest absolute Gasteiger partial charge is 0.316 e. The van der Waals surface area contributed by atoms with E-state index in [0.29, 0.717) is 11.5 Å². The molecule has 0 bridgehead atoms. The first-order chi connectivity index (χ1) is 9.38. The van der Waals surface area contributed by atoms with Gasteiger partial charge < -0.3 is 10.2 Å². The van der Waals surface area contributed by atoms with Crippen LogP contribution in [0.1, 0.15) is 74.1 Å². The summed E-state index contributed by atoms with van der Waals surface area (Å²) < 4.78 is 0. The van der Waals surface area contributed by atoms with Crippen molar-refractivity contribution in [3.63, 3.8) is 0 Å². The van der Waals surface area contributed by atoms with Crippen molar-refractivity contribution < 1.29 is 0 Å². The van der Waals surface area contributed by atoms with Gasteiger partial charge in [-0.25, -0.2) is 0 Å². The molecule has 0 fully saturated rings. The normalized spacial score (nSPS) is 16.6. The van der Waals surface area contributed by atoms with Crippen LogP contribution >= 0.6 is 0 Å². The SMILES string of the molecule is CCCCN(CC(C)(CC)CNCC(C)C)C(C)CC. The van der Waals surface area contributed by atoms with Crippen molar-refractivity contribution in [2.75, 3.05) is 26.2 Å². The van der Waals surface area contributed by atoms with Gasteiger partial charge in [-0.1, -0.05) is 48.0 Å². The molecule has 122 valence electrons. The van der Waals surface area contributed by atoms with Gasteiger partial charge in [0.05, 0.1) is 0 Å². The lowest BCUT2D eigenvalue weighted by molar-refractivity contribution is 0.115. The Kier molecular flexibility index (Phi) is 10.6. The Hall–Kier alpha value is -0.0800. The fourth-order valence-electron chi connectivity index (χ4n) is 2.52. The third-order valence-corrected chi connectivity index (χ3v) is 4.56. The van der Waals surface area contributed by atoms with Crippen LogP contribution in [-0.2, 0) is 0 Å². The van der Waals surface area contributed by atoms with Crippen LogP contribution in [0.25, 0.3) is 0 Å². The predicted octanol–water partition coefficient (Wildman–Crippen LogP) is 4.55. The zero-order valence-electron chi connectivity index (χ0n) is 15.3. The van der Waals surface area contributed by atoms with E-state index in [1.165, 1.54) is 38.8 Å². The van der Waals surface area contributed by atoms with Crippen LogP contribution in [0.3, 0.4) is 0 Å². The molecule has 1 N–H and O–H groups in total. The lowest BCUT2D eigenvalue weighted by atomic mass is 9.86. The third kappa shape index (κ3) is 8.26. The number of rotatable bonds is 12. The van der Waals surface area contributed by atoms with Gasteiger partial charge >= 0.3 is 0 Å². The van der Waals surface area contributed by atoms with Gasteiger partial charge in [-0.2, -0.15) is 0 Å².